The van der Waals surface area contributed by atoms with Gasteiger partial charge in [-0.3, -0.25) is 9.10 Å². The fourth-order valence-electron chi connectivity index (χ4n) is 3.48. The molecule has 1 atom stereocenters. The van der Waals surface area contributed by atoms with Crippen molar-refractivity contribution in [1.29, 1.82) is 0 Å². The zero-order valence-corrected chi connectivity index (χ0v) is 15.7. The minimum Gasteiger partial charge on any atom is -0.354 e. The summed E-state index contributed by atoms with van der Waals surface area (Å²) in [5, 5.41) is 4.37. The fourth-order valence-corrected chi connectivity index (χ4v) is 5.35. The third kappa shape index (κ3) is 2.95. The van der Waals surface area contributed by atoms with Gasteiger partial charge in [-0.05, 0) is 30.9 Å². The lowest BCUT2D eigenvalue weighted by Crippen LogP contribution is -2.47. The number of benzene rings is 2. The topological polar surface area (TPSA) is 84.3 Å². The van der Waals surface area contributed by atoms with E-state index in [-0.39, 0.29) is 10.8 Å². The molecule has 7 nitrogen and oxygen atoms in total. The van der Waals surface area contributed by atoms with Crippen molar-refractivity contribution in [2.45, 2.75) is 30.8 Å². The summed E-state index contributed by atoms with van der Waals surface area (Å²) in [5.74, 6) is -0.311. The lowest BCUT2D eigenvalue weighted by Gasteiger charge is -2.25. The molecule has 0 radical (unpaired) electrons. The van der Waals surface area contributed by atoms with E-state index < -0.39 is 16.1 Å². The van der Waals surface area contributed by atoms with E-state index in [4.69, 9.17) is 0 Å². The number of anilines is 1. The summed E-state index contributed by atoms with van der Waals surface area (Å²) in [5.41, 5.74) is 0.559. The first-order valence-electron chi connectivity index (χ1n) is 8.80. The highest BCUT2D eigenvalue weighted by molar-refractivity contribution is 7.93. The van der Waals surface area contributed by atoms with Crippen LogP contribution in [-0.2, 0) is 21.4 Å². The van der Waals surface area contributed by atoms with Crippen LogP contribution in [0.3, 0.4) is 0 Å². The predicted molar refractivity (Wildman–Crippen MR) is 103 cm³/mol. The Morgan fingerprint density at radius 1 is 1.22 bits per heavy atom. The third-order valence-corrected chi connectivity index (χ3v) is 6.73. The van der Waals surface area contributed by atoms with Crippen molar-refractivity contribution in [1.82, 2.24) is 14.9 Å². The first-order chi connectivity index (χ1) is 13.0. The second-order valence-corrected chi connectivity index (χ2v) is 8.34. The molecular formula is C19H20N4O3S. The number of imidazole rings is 1. The highest BCUT2D eigenvalue weighted by Gasteiger charge is 2.40. The Labute approximate surface area is 157 Å². The summed E-state index contributed by atoms with van der Waals surface area (Å²) < 4.78 is 29.2. The molecule has 2 heterocycles. The van der Waals surface area contributed by atoms with E-state index in [1.54, 1.807) is 37.6 Å². The van der Waals surface area contributed by atoms with Gasteiger partial charge in [0.15, 0.2) is 0 Å². The highest BCUT2D eigenvalue weighted by Crippen LogP contribution is 2.43. The molecule has 0 aliphatic carbocycles. The van der Waals surface area contributed by atoms with E-state index in [0.717, 1.165) is 18.4 Å². The van der Waals surface area contributed by atoms with Crippen LogP contribution < -0.4 is 9.62 Å². The van der Waals surface area contributed by atoms with E-state index in [0.29, 0.717) is 17.6 Å². The Bertz CT molecular complexity index is 1090. The maximum absolute atomic E-state index is 13.0. The first-order valence-corrected chi connectivity index (χ1v) is 10.2. The van der Waals surface area contributed by atoms with Crippen molar-refractivity contribution in [3.63, 3.8) is 0 Å². The third-order valence-electron chi connectivity index (χ3n) is 4.80. The van der Waals surface area contributed by atoms with Crippen LogP contribution in [0.4, 0.5) is 5.69 Å². The van der Waals surface area contributed by atoms with Gasteiger partial charge in [0.25, 0.3) is 10.0 Å². The van der Waals surface area contributed by atoms with Gasteiger partial charge in [-0.2, -0.15) is 0 Å². The van der Waals surface area contributed by atoms with Crippen LogP contribution in [0.25, 0.3) is 10.8 Å². The molecule has 0 fully saturated rings. The molecule has 1 unspecified atom stereocenters. The number of aryl methyl sites for hydroxylation is 1. The van der Waals surface area contributed by atoms with Gasteiger partial charge in [-0.15, -0.1) is 0 Å². The van der Waals surface area contributed by atoms with Crippen LogP contribution in [0, 0.1) is 0 Å². The van der Waals surface area contributed by atoms with E-state index >= 15 is 0 Å². The fraction of sp³-hybridized carbons (Fsp3) is 0.263. The smallest absolute Gasteiger partial charge is 0.265 e. The van der Waals surface area contributed by atoms with Gasteiger partial charge in [-0.1, -0.05) is 24.3 Å². The number of amides is 1. The molecule has 1 N–H and O–H groups in total. The number of rotatable bonds is 6. The molecular weight excluding hydrogens is 364 g/mol. The van der Waals surface area contributed by atoms with E-state index in [1.807, 2.05) is 29.0 Å². The van der Waals surface area contributed by atoms with Gasteiger partial charge in [0.2, 0.25) is 5.91 Å². The average Bonchev–Trinajstić information content (AvgIpc) is 3.25. The molecule has 8 heteroatoms. The van der Waals surface area contributed by atoms with Gasteiger partial charge in [0, 0.05) is 30.9 Å². The maximum Gasteiger partial charge on any atom is 0.265 e. The molecule has 27 heavy (non-hydrogen) atoms. The monoisotopic (exact) mass is 384 g/mol. The van der Waals surface area contributed by atoms with Crippen molar-refractivity contribution in [3.8, 4) is 0 Å². The highest BCUT2D eigenvalue weighted by atomic mass is 32.2. The lowest BCUT2D eigenvalue weighted by molar-refractivity contribution is -0.121. The largest absolute Gasteiger partial charge is 0.354 e. The summed E-state index contributed by atoms with van der Waals surface area (Å²) >= 11 is 0. The molecule has 140 valence electrons. The molecule has 4 rings (SSSR count). The average molecular weight is 384 g/mol. The van der Waals surface area contributed by atoms with Crippen molar-refractivity contribution in [2.24, 2.45) is 0 Å². The second kappa shape index (κ2) is 6.70. The van der Waals surface area contributed by atoms with E-state index in [1.165, 1.54) is 4.31 Å². The predicted octanol–water partition coefficient (Wildman–Crippen LogP) is 2.14. The molecule has 1 amide bonds. The normalized spacial score (nSPS) is 15.8. The number of nitrogens with zero attached hydrogens (tertiary/aromatic N) is 3. The summed E-state index contributed by atoms with van der Waals surface area (Å²) in [4.78, 5) is 16.8. The second-order valence-electron chi connectivity index (χ2n) is 6.55. The van der Waals surface area contributed by atoms with Crippen molar-refractivity contribution >= 4 is 32.4 Å². The minimum absolute atomic E-state index is 0.260. The van der Waals surface area contributed by atoms with Gasteiger partial charge >= 0.3 is 0 Å². The van der Waals surface area contributed by atoms with Crippen LogP contribution in [0.5, 0.6) is 0 Å². The van der Waals surface area contributed by atoms with Crippen molar-refractivity contribution in [2.75, 3.05) is 10.8 Å². The Morgan fingerprint density at radius 2 is 2.00 bits per heavy atom. The number of sulfonamides is 1. The number of aromatic nitrogens is 2. The molecule has 1 aliphatic rings. The summed E-state index contributed by atoms with van der Waals surface area (Å²) in [6, 6.07) is 9.80. The lowest BCUT2D eigenvalue weighted by atomic mass is 10.1. The van der Waals surface area contributed by atoms with Crippen LogP contribution >= 0.6 is 0 Å². The van der Waals surface area contributed by atoms with Gasteiger partial charge in [0.05, 0.1) is 16.9 Å². The van der Waals surface area contributed by atoms with Crippen LogP contribution in [0.2, 0.25) is 0 Å². The molecule has 3 aromatic rings. The Kier molecular flexibility index (Phi) is 4.35. The quantitative estimate of drug-likeness (QED) is 0.660. The van der Waals surface area contributed by atoms with Crippen molar-refractivity contribution in [3.05, 3.63) is 55.1 Å². The standard InChI is InChI=1S/C19H20N4O3S/c1-14(19(24)21-9-4-11-22-12-10-20-13-22)23-16-7-2-5-15-6-3-8-17(18(15)16)27(23,25)26/h2-3,5-8,10,12-14H,4,9,11H2,1H3,(H,21,24). The van der Waals surface area contributed by atoms with Gasteiger partial charge < -0.3 is 9.88 Å². The van der Waals surface area contributed by atoms with Crippen LogP contribution in [-0.4, -0.2) is 36.5 Å². The minimum atomic E-state index is -3.75. The molecule has 0 saturated carbocycles. The number of hydrogen-bond donors (Lipinski definition) is 1. The Hall–Kier alpha value is -2.87. The molecule has 1 aliphatic heterocycles. The summed E-state index contributed by atoms with van der Waals surface area (Å²) in [6.45, 7) is 2.82. The zero-order chi connectivity index (χ0) is 19.0. The maximum atomic E-state index is 13.0. The molecule has 0 bridgehead atoms. The zero-order valence-electron chi connectivity index (χ0n) is 14.9. The van der Waals surface area contributed by atoms with Gasteiger partial charge in [-0.25, -0.2) is 13.4 Å². The Morgan fingerprint density at radius 3 is 2.74 bits per heavy atom. The number of carbonyl (C=O) groups excluding carboxylic acids is 1. The van der Waals surface area contributed by atoms with E-state index in [2.05, 4.69) is 10.3 Å². The molecule has 0 saturated heterocycles. The summed E-state index contributed by atoms with van der Waals surface area (Å²) in [6.07, 6.45) is 6.02. The molecule has 1 aromatic heterocycles. The van der Waals surface area contributed by atoms with Crippen LogP contribution in [0.15, 0.2) is 60.0 Å². The molecule has 0 spiro atoms. The first kappa shape index (κ1) is 17.5. The SMILES string of the molecule is CC(C(=O)NCCCn1ccnc1)N1c2cccc3cccc(c23)S1(=O)=O. The summed E-state index contributed by atoms with van der Waals surface area (Å²) in [7, 11) is -3.75. The van der Waals surface area contributed by atoms with E-state index in [9.17, 15) is 13.2 Å². The van der Waals surface area contributed by atoms with Gasteiger partial charge in [0.1, 0.15) is 6.04 Å². The number of carbonyl (C=O) groups is 1. The molecule has 2 aromatic carbocycles. The number of nitrogens with one attached hydrogen (secondary N) is 1. The Balaban J connectivity index is 1.51. The number of hydrogen-bond acceptors (Lipinski definition) is 4. The van der Waals surface area contributed by atoms with Crippen molar-refractivity contribution < 1.29 is 13.2 Å². The van der Waals surface area contributed by atoms with Crippen LogP contribution in [0.1, 0.15) is 13.3 Å².